The molecule has 1 aliphatic heterocycles. The summed E-state index contributed by atoms with van der Waals surface area (Å²) in [5.74, 6) is -2.52. The van der Waals surface area contributed by atoms with Crippen molar-refractivity contribution in [1.29, 1.82) is 0 Å². The molecule has 8 nitrogen and oxygen atoms in total. The van der Waals surface area contributed by atoms with E-state index < -0.39 is 24.0 Å². The number of nitrogens with zero attached hydrogens (tertiary/aromatic N) is 2. The van der Waals surface area contributed by atoms with E-state index in [1.54, 1.807) is 38.4 Å². The number of nitrogens with one attached hydrogen (secondary N) is 1. The number of hydrogen-bond donors (Lipinski definition) is 2. The zero-order valence-corrected chi connectivity index (χ0v) is 26.6. The molecule has 2 atom stereocenters. The summed E-state index contributed by atoms with van der Waals surface area (Å²) in [5.41, 5.74) is 5.36. The molecule has 1 aliphatic rings. The van der Waals surface area contributed by atoms with Gasteiger partial charge in [0, 0.05) is 48.2 Å². The number of hydrogen-bond acceptors (Lipinski definition) is 5. The summed E-state index contributed by atoms with van der Waals surface area (Å²) in [6.45, 7) is 7.98. The van der Waals surface area contributed by atoms with Gasteiger partial charge in [-0.1, -0.05) is 54.6 Å². The maximum atomic E-state index is 14.2. The maximum Gasteiger partial charge on any atom is 0.305 e. The van der Waals surface area contributed by atoms with Gasteiger partial charge in [0.15, 0.2) is 5.79 Å². The Morgan fingerprint density at radius 1 is 1.04 bits per heavy atom. The van der Waals surface area contributed by atoms with Crippen LogP contribution in [0, 0.1) is 5.82 Å². The van der Waals surface area contributed by atoms with Crippen LogP contribution < -0.4 is 5.32 Å². The van der Waals surface area contributed by atoms with Crippen molar-refractivity contribution in [2.24, 2.45) is 0 Å². The Balaban J connectivity index is 1.65. The van der Waals surface area contributed by atoms with Crippen LogP contribution in [0.3, 0.4) is 0 Å². The molecule has 0 aliphatic carbocycles. The van der Waals surface area contributed by atoms with E-state index in [9.17, 15) is 19.1 Å². The van der Waals surface area contributed by atoms with Crippen LogP contribution in [0.4, 0.5) is 4.39 Å². The molecule has 4 aromatic rings. The molecule has 2 N–H and O–H groups in total. The Labute approximate surface area is 268 Å². The van der Waals surface area contributed by atoms with Gasteiger partial charge in [-0.25, -0.2) is 4.39 Å². The summed E-state index contributed by atoms with van der Waals surface area (Å²) in [4.78, 5) is 29.9. The molecule has 0 radical (unpaired) electrons. The number of benzene rings is 2. The smallest absolute Gasteiger partial charge is 0.305 e. The summed E-state index contributed by atoms with van der Waals surface area (Å²) in [5, 5.41) is 12.5. The molecule has 240 valence electrons. The van der Waals surface area contributed by atoms with Crippen LogP contribution in [0.5, 0.6) is 0 Å². The second-order valence-corrected chi connectivity index (χ2v) is 12.2. The molecule has 1 fully saturated rings. The molecule has 0 saturated carbocycles. The number of carbonyl (C=O) groups excluding carboxylic acids is 1. The average molecular weight is 626 g/mol. The molecule has 3 heterocycles. The van der Waals surface area contributed by atoms with E-state index in [0.29, 0.717) is 25.1 Å². The zero-order valence-electron chi connectivity index (χ0n) is 26.6. The molecule has 0 spiro atoms. The highest BCUT2D eigenvalue weighted by Gasteiger charge is 2.36. The van der Waals surface area contributed by atoms with Gasteiger partial charge >= 0.3 is 5.97 Å². The molecule has 2 aromatic heterocycles. The van der Waals surface area contributed by atoms with Crippen LogP contribution >= 0.6 is 0 Å². The van der Waals surface area contributed by atoms with E-state index in [2.05, 4.69) is 10.3 Å². The third-order valence-corrected chi connectivity index (χ3v) is 7.84. The van der Waals surface area contributed by atoms with Crippen LogP contribution in [-0.2, 0) is 20.7 Å². The largest absolute Gasteiger partial charge is 0.481 e. The first-order chi connectivity index (χ1) is 22.0. The van der Waals surface area contributed by atoms with Crippen molar-refractivity contribution in [3.63, 3.8) is 0 Å². The van der Waals surface area contributed by atoms with Gasteiger partial charge in [-0.2, -0.15) is 0 Å². The molecule has 1 amide bonds. The fraction of sp³-hybridized carbons (Fsp3) is 0.324. The van der Waals surface area contributed by atoms with E-state index in [1.807, 2.05) is 73.0 Å². The summed E-state index contributed by atoms with van der Waals surface area (Å²) in [6.07, 6.45) is 7.21. The summed E-state index contributed by atoms with van der Waals surface area (Å²) < 4.78 is 28.3. The minimum Gasteiger partial charge on any atom is -0.481 e. The first-order valence-electron chi connectivity index (χ1n) is 15.5. The van der Waals surface area contributed by atoms with E-state index >= 15 is 0 Å². The monoisotopic (exact) mass is 625 g/mol. The molecular formula is C37H40FN3O5. The lowest BCUT2D eigenvalue weighted by atomic mass is 9.94. The summed E-state index contributed by atoms with van der Waals surface area (Å²) >= 11 is 0. The third kappa shape index (κ3) is 7.78. The minimum absolute atomic E-state index is 0.137. The Bertz CT molecular complexity index is 1680. The van der Waals surface area contributed by atoms with Gasteiger partial charge in [-0.15, -0.1) is 0 Å². The average Bonchev–Trinajstić information content (AvgIpc) is 3.36. The van der Waals surface area contributed by atoms with Crippen molar-refractivity contribution < 1.29 is 28.6 Å². The van der Waals surface area contributed by atoms with Crippen molar-refractivity contribution >= 4 is 18.0 Å². The number of rotatable bonds is 11. The van der Waals surface area contributed by atoms with Crippen LogP contribution in [0.2, 0.25) is 0 Å². The number of aromatic nitrogens is 2. The van der Waals surface area contributed by atoms with Crippen LogP contribution in [-0.4, -0.2) is 51.1 Å². The molecule has 2 aromatic carbocycles. The fourth-order valence-electron chi connectivity index (χ4n) is 6.06. The quantitative estimate of drug-likeness (QED) is 0.181. The summed E-state index contributed by atoms with van der Waals surface area (Å²) in [7, 11) is 0. The van der Waals surface area contributed by atoms with Crippen molar-refractivity contribution in [2.75, 3.05) is 6.54 Å². The standard InChI is InChI=1S/C37H40FN3O5/c1-24(2)41-31(17-16-29-21-30(22-32(42)43)46-37(3,4)45-29)33(27-12-14-28(38)15-13-27)34(26-10-6-5-7-11-26)35(41)36(44)40-20-18-25-9-8-19-39-23-25/h5-17,19,23-24,29-30H,18,20-22H2,1-4H3,(H,40,44)(H,42,43)/t29-,30-/m1/s1. The number of carboxylic acids is 1. The number of aliphatic carboxylic acids is 1. The van der Waals surface area contributed by atoms with Crippen molar-refractivity contribution in [2.45, 2.75) is 71.0 Å². The number of ether oxygens (including phenoxy) is 2. The first-order valence-corrected chi connectivity index (χ1v) is 15.5. The Hall–Kier alpha value is -4.60. The lowest BCUT2D eigenvalue weighted by Crippen LogP contribution is -2.44. The van der Waals surface area contributed by atoms with Crippen molar-refractivity contribution in [3.05, 3.63) is 108 Å². The van der Waals surface area contributed by atoms with Gasteiger partial charge in [-0.05, 0) is 75.1 Å². The number of carboxylic acid groups (broad SMARTS) is 1. The van der Waals surface area contributed by atoms with E-state index in [-0.39, 0.29) is 24.2 Å². The van der Waals surface area contributed by atoms with Crippen LogP contribution in [0.1, 0.15) is 68.3 Å². The lowest BCUT2D eigenvalue weighted by molar-refractivity contribution is -0.290. The fourth-order valence-corrected chi connectivity index (χ4v) is 6.06. The first kappa shape index (κ1) is 32.8. The molecule has 46 heavy (non-hydrogen) atoms. The second-order valence-electron chi connectivity index (χ2n) is 12.2. The van der Waals surface area contributed by atoms with Gasteiger partial charge in [0.2, 0.25) is 0 Å². The van der Waals surface area contributed by atoms with Gasteiger partial charge in [0.05, 0.1) is 18.6 Å². The molecule has 0 unspecified atom stereocenters. The van der Waals surface area contributed by atoms with E-state index in [0.717, 1.165) is 33.5 Å². The van der Waals surface area contributed by atoms with Gasteiger partial charge in [0.25, 0.3) is 5.91 Å². The van der Waals surface area contributed by atoms with Crippen molar-refractivity contribution in [3.8, 4) is 22.3 Å². The number of carbonyl (C=O) groups is 2. The predicted octanol–water partition coefficient (Wildman–Crippen LogP) is 7.31. The molecular weight excluding hydrogens is 585 g/mol. The van der Waals surface area contributed by atoms with Gasteiger partial charge in [0.1, 0.15) is 11.5 Å². The third-order valence-electron chi connectivity index (χ3n) is 7.84. The normalized spacial score (nSPS) is 17.8. The Morgan fingerprint density at radius 2 is 1.76 bits per heavy atom. The highest BCUT2D eigenvalue weighted by Crippen LogP contribution is 2.43. The highest BCUT2D eigenvalue weighted by atomic mass is 19.1. The Kier molecular flexibility index (Phi) is 10.1. The summed E-state index contributed by atoms with van der Waals surface area (Å²) in [6, 6.07) is 19.7. The molecule has 5 rings (SSSR count). The van der Waals surface area contributed by atoms with Crippen molar-refractivity contribution in [1.82, 2.24) is 14.9 Å². The SMILES string of the molecule is CC(C)n1c(C=C[C@@H]2C[C@H](CC(=O)O)OC(C)(C)O2)c(-c2ccc(F)cc2)c(-c2ccccc2)c1C(=O)NCCc1cccnc1. The molecule has 9 heteroatoms. The van der Waals surface area contributed by atoms with Crippen LogP contribution in [0.25, 0.3) is 28.3 Å². The molecule has 1 saturated heterocycles. The zero-order chi connectivity index (χ0) is 32.8. The predicted molar refractivity (Wildman–Crippen MR) is 176 cm³/mol. The number of halogens is 1. The highest BCUT2D eigenvalue weighted by molar-refractivity contribution is 6.06. The van der Waals surface area contributed by atoms with E-state index in [1.165, 1.54) is 12.1 Å². The number of amides is 1. The van der Waals surface area contributed by atoms with E-state index in [4.69, 9.17) is 9.47 Å². The van der Waals surface area contributed by atoms with Crippen LogP contribution in [0.15, 0.2) is 85.2 Å². The lowest BCUT2D eigenvalue weighted by Gasteiger charge is -2.39. The molecule has 0 bridgehead atoms. The minimum atomic E-state index is -0.984. The second kappa shape index (κ2) is 14.2. The van der Waals surface area contributed by atoms with Gasteiger partial charge < -0.3 is 24.5 Å². The topological polar surface area (TPSA) is 103 Å². The Morgan fingerprint density at radius 3 is 2.41 bits per heavy atom. The maximum absolute atomic E-state index is 14.2. The van der Waals surface area contributed by atoms with Gasteiger partial charge in [-0.3, -0.25) is 14.6 Å². The number of pyridine rings is 1.